The molecule has 2 N–H and O–H groups in total. The Labute approximate surface area is 97.1 Å². The smallest absolute Gasteiger partial charge is 0.322 e. The molecule has 0 spiro atoms. The molecule has 17 heavy (non-hydrogen) atoms. The predicted molar refractivity (Wildman–Crippen MR) is 56.1 cm³/mol. The van der Waals surface area contributed by atoms with E-state index in [1.807, 2.05) is 0 Å². The van der Waals surface area contributed by atoms with Gasteiger partial charge in [-0.25, -0.2) is 4.79 Å². The molecule has 2 fully saturated rings. The van der Waals surface area contributed by atoms with Crippen LogP contribution in [0.1, 0.15) is 24.1 Å². The van der Waals surface area contributed by atoms with Gasteiger partial charge in [-0.1, -0.05) is 0 Å². The average Bonchev–Trinajstić information content (AvgIpc) is 2.97. The molecule has 2 saturated heterocycles. The van der Waals surface area contributed by atoms with E-state index in [2.05, 4.69) is 15.7 Å². The number of nitrogens with one attached hydrogen (secondary N) is 2. The maximum atomic E-state index is 11.5. The summed E-state index contributed by atoms with van der Waals surface area (Å²) in [6, 6.07) is -0.862. The van der Waals surface area contributed by atoms with E-state index >= 15 is 0 Å². The van der Waals surface area contributed by atoms with Gasteiger partial charge in [-0.05, 0) is 6.42 Å². The fraction of sp³-hybridized carbons (Fsp3) is 0.500. The van der Waals surface area contributed by atoms with Crippen LogP contribution in [0.5, 0.6) is 0 Å². The highest BCUT2D eigenvalue weighted by Gasteiger charge is 2.32. The number of ether oxygens (including phenoxy) is 1. The van der Waals surface area contributed by atoms with Crippen LogP contribution in [0.15, 0.2) is 12.4 Å². The number of carbonyl (C=O) groups excluding carboxylic acids is 2. The summed E-state index contributed by atoms with van der Waals surface area (Å²) in [7, 11) is 0. The monoisotopic (exact) mass is 236 g/mol. The number of hydrogen-bond donors (Lipinski definition) is 2. The predicted octanol–water partition coefficient (Wildman–Crippen LogP) is -0.275. The van der Waals surface area contributed by atoms with E-state index in [4.69, 9.17) is 4.74 Å². The van der Waals surface area contributed by atoms with Gasteiger partial charge in [0.2, 0.25) is 0 Å². The summed E-state index contributed by atoms with van der Waals surface area (Å²) >= 11 is 0. The summed E-state index contributed by atoms with van der Waals surface area (Å²) in [6.07, 6.45) is 4.31. The van der Waals surface area contributed by atoms with Crippen molar-refractivity contribution in [2.45, 2.75) is 18.5 Å². The third-order valence-corrected chi connectivity index (χ3v) is 3.01. The van der Waals surface area contributed by atoms with E-state index in [0.717, 1.165) is 13.0 Å². The SMILES string of the molecule is O=C1NC(=O)[C@H](c2cnn([C@@H]3CCOC3)c2)N1. The van der Waals surface area contributed by atoms with Crippen LogP contribution in [-0.2, 0) is 9.53 Å². The van der Waals surface area contributed by atoms with Gasteiger partial charge in [-0.15, -0.1) is 0 Å². The topological polar surface area (TPSA) is 85.2 Å². The van der Waals surface area contributed by atoms with Gasteiger partial charge in [-0.2, -0.15) is 5.10 Å². The van der Waals surface area contributed by atoms with Gasteiger partial charge in [0, 0.05) is 18.4 Å². The third kappa shape index (κ3) is 1.78. The summed E-state index contributed by atoms with van der Waals surface area (Å²) in [4.78, 5) is 22.5. The highest BCUT2D eigenvalue weighted by molar-refractivity contribution is 6.04. The Hall–Kier alpha value is -1.89. The van der Waals surface area contributed by atoms with E-state index in [1.54, 1.807) is 17.1 Å². The molecule has 2 aliphatic heterocycles. The Morgan fingerprint density at radius 3 is 3.00 bits per heavy atom. The first-order chi connectivity index (χ1) is 8.24. The largest absolute Gasteiger partial charge is 0.379 e. The summed E-state index contributed by atoms with van der Waals surface area (Å²) in [5.74, 6) is -0.336. The number of nitrogens with zero attached hydrogens (tertiary/aromatic N) is 2. The first kappa shape index (κ1) is 10.3. The highest BCUT2D eigenvalue weighted by atomic mass is 16.5. The molecule has 0 bridgehead atoms. The molecule has 0 radical (unpaired) electrons. The number of hydrogen-bond acceptors (Lipinski definition) is 4. The first-order valence-corrected chi connectivity index (χ1v) is 5.47. The first-order valence-electron chi connectivity index (χ1n) is 5.47. The van der Waals surface area contributed by atoms with Gasteiger partial charge in [0.1, 0.15) is 6.04 Å². The van der Waals surface area contributed by atoms with Crippen LogP contribution in [-0.4, -0.2) is 34.9 Å². The summed E-state index contributed by atoms with van der Waals surface area (Å²) in [5.41, 5.74) is 0.695. The fourth-order valence-electron chi connectivity index (χ4n) is 2.08. The normalized spacial score (nSPS) is 28.2. The molecular formula is C10H12N4O3. The van der Waals surface area contributed by atoms with Crippen LogP contribution in [0, 0.1) is 0 Å². The second-order valence-corrected chi connectivity index (χ2v) is 4.17. The lowest BCUT2D eigenvalue weighted by Gasteiger charge is -2.07. The van der Waals surface area contributed by atoms with Crippen molar-refractivity contribution in [3.63, 3.8) is 0 Å². The van der Waals surface area contributed by atoms with Gasteiger partial charge in [0.05, 0.1) is 18.8 Å². The Kier molecular flexibility index (Phi) is 2.32. The highest BCUT2D eigenvalue weighted by Crippen LogP contribution is 2.21. The standard InChI is InChI=1S/C10H12N4O3/c15-9-8(12-10(16)13-9)6-3-11-14(4-6)7-1-2-17-5-7/h3-4,7-8H,1-2,5H2,(H2,12,13,15,16)/t7-,8+/m1/s1. The second-order valence-electron chi connectivity index (χ2n) is 4.17. The lowest BCUT2D eigenvalue weighted by molar-refractivity contribution is -0.120. The summed E-state index contributed by atoms with van der Waals surface area (Å²) in [5, 5.41) is 8.94. The lowest BCUT2D eigenvalue weighted by atomic mass is 10.1. The van der Waals surface area contributed by atoms with E-state index < -0.39 is 12.1 Å². The van der Waals surface area contributed by atoms with Crippen molar-refractivity contribution in [1.82, 2.24) is 20.4 Å². The molecule has 1 aromatic rings. The Bertz CT molecular complexity index is 464. The summed E-state index contributed by atoms with van der Waals surface area (Å²) in [6.45, 7) is 1.38. The summed E-state index contributed by atoms with van der Waals surface area (Å²) < 4.78 is 7.07. The molecule has 2 atom stereocenters. The number of carbonyl (C=O) groups is 2. The zero-order valence-corrected chi connectivity index (χ0v) is 9.05. The Balaban J connectivity index is 1.80. The molecular weight excluding hydrogens is 224 g/mol. The molecule has 0 aliphatic carbocycles. The van der Waals surface area contributed by atoms with Crippen LogP contribution in [0.4, 0.5) is 4.79 Å². The third-order valence-electron chi connectivity index (χ3n) is 3.01. The van der Waals surface area contributed by atoms with Crippen molar-refractivity contribution in [3.8, 4) is 0 Å². The zero-order valence-electron chi connectivity index (χ0n) is 9.05. The number of urea groups is 1. The van der Waals surface area contributed by atoms with Gasteiger partial charge in [0.25, 0.3) is 5.91 Å². The molecule has 0 unspecified atom stereocenters. The minimum Gasteiger partial charge on any atom is -0.379 e. The van der Waals surface area contributed by atoms with Gasteiger partial charge in [0.15, 0.2) is 0 Å². The lowest BCUT2D eigenvalue weighted by Crippen LogP contribution is -2.22. The van der Waals surface area contributed by atoms with Crippen LogP contribution in [0.2, 0.25) is 0 Å². The number of imide groups is 1. The maximum absolute atomic E-state index is 11.5. The minimum absolute atomic E-state index is 0.226. The molecule has 2 aliphatic rings. The van der Waals surface area contributed by atoms with Crippen molar-refractivity contribution in [2.24, 2.45) is 0 Å². The average molecular weight is 236 g/mol. The molecule has 3 rings (SSSR count). The van der Waals surface area contributed by atoms with Gasteiger partial charge in [-0.3, -0.25) is 14.8 Å². The quantitative estimate of drug-likeness (QED) is 0.692. The van der Waals surface area contributed by atoms with Gasteiger partial charge >= 0.3 is 6.03 Å². The molecule has 1 aromatic heterocycles. The number of rotatable bonds is 2. The van der Waals surface area contributed by atoms with Crippen LogP contribution < -0.4 is 10.6 Å². The van der Waals surface area contributed by atoms with E-state index in [9.17, 15) is 9.59 Å². The molecule has 0 aromatic carbocycles. The number of amides is 3. The maximum Gasteiger partial charge on any atom is 0.322 e. The van der Waals surface area contributed by atoms with E-state index in [1.165, 1.54) is 0 Å². The van der Waals surface area contributed by atoms with Crippen molar-refractivity contribution in [3.05, 3.63) is 18.0 Å². The second kappa shape index (κ2) is 3.85. The van der Waals surface area contributed by atoms with Crippen LogP contribution in [0.3, 0.4) is 0 Å². The molecule has 0 saturated carbocycles. The fourth-order valence-corrected chi connectivity index (χ4v) is 2.08. The molecule has 3 heterocycles. The van der Waals surface area contributed by atoms with Crippen LogP contribution >= 0.6 is 0 Å². The Morgan fingerprint density at radius 1 is 1.47 bits per heavy atom. The van der Waals surface area contributed by atoms with Crippen molar-refractivity contribution in [2.75, 3.05) is 13.2 Å². The zero-order chi connectivity index (χ0) is 11.8. The van der Waals surface area contributed by atoms with Crippen molar-refractivity contribution >= 4 is 11.9 Å². The molecule has 90 valence electrons. The molecule has 3 amide bonds. The minimum atomic E-state index is -0.626. The molecule has 7 heteroatoms. The van der Waals surface area contributed by atoms with Crippen molar-refractivity contribution < 1.29 is 14.3 Å². The number of aromatic nitrogens is 2. The Morgan fingerprint density at radius 2 is 2.35 bits per heavy atom. The van der Waals surface area contributed by atoms with Crippen LogP contribution in [0.25, 0.3) is 0 Å². The van der Waals surface area contributed by atoms with E-state index in [-0.39, 0.29) is 11.9 Å². The van der Waals surface area contributed by atoms with Gasteiger partial charge < -0.3 is 10.1 Å². The van der Waals surface area contributed by atoms with Crippen molar-refractivity contribution in [1.29, 1.82) is 0 Å². The molecule has 7 nitrogen and oxygen atoms in total. The van der Waals surface area contributed by atoms with E-state index in [0.29, 0.717) is 12.2 Å².